The quantitative estimate of drug-likeness (QED) is 0.726. The summed E-state index contributed by atoms with van der Waals surface area (Å²) in [5.41, 5.74) is 0. The first kappa shape index (κ1) is 17.3. The molecule has 5 rings (SSSR count). The van der Waals surface area contributed by atoms with E-state index in [2.05, 4.69) is 4.90 Å². The molecule has 0 spiro atoms. The lowest BCUT2D eigenvalue weighted by Gasteiger charge is -2.27. The Kier molecular flexibility index (Phi) is 4.74. The minimum atomic E-state index is 0.165. The van der Waals surface area contributed by atoms with E-state index in [1.165, 1.54) is 12.8 Å². The molecular weight excluding hydrogens is 362 g/mol. The first-order valence-corrected chi connectivity index (χ1v) is 9.64. The molecule has 1 fully saturated rings. The molecule has 0 unspecified atom stereocenters. The van der Waals surface area contributed by atoms with Gasteiger partial charge in [-0.25, -0.2) is 0 Å². The van der Waals surface area contributed by atoms with Crippen molar-refractivity contribution in [3.63, 3.8) is 0 Å². The van der Waals surface area contributed by atoms with Crippen LogP contribution in [0.3, 0.4) is 0 Å². The molecule has 0 atom stereocenters. The molecule has 0 aliphatic carbocycles. The van der Waals surface area contributed by atoms with Crippen LogP contribution in [0.4, 0.5) is 0 Å². The molecule has 2 aromatic rings. The second kappa shape index (κ2) is 7.67. The number of likely N-dealkylation sites (tertiary alicyclic amines) is 1. The highest BCUT2D eigenvalue weighted by atomic mass is 16.7. The van der Waals surface area contributed by atoms with E-state index in [1.807, 2.05) is 36.4 Å². The zero-order valence-corrected chi connectivity index (χ0v) is 15.6. The van der Waals surface area contributed by atoms with Crippen LogP contribution in [-0.2, 0) is 0 Å². The molecule has 7 nitrogen and oxygen atoms in total. The van der Waals surface area contributed by atoms with Crippen LogP contribution >= 0.6 is 0 Å². The highest BCUT2D eigenvalue weighted by Crippen LogP contribution is 2.36. The van der Waals surface area contributed by atoms with Gasteiger partial charge in [-0.2, -0.15) is 0 Å². The zero-order chi connectivity index (χ0) is 18.8. The molecule has 3 aliphatic rings. The second-order valence-electron chi connectivity index (χ2n) is 7.05. The highest BCUT2D eigenvalue weighted by molar-refractivity contribution is 5.47. The SMILES string of the molecule is c1cc2c(cc1OCC(COc1ccc3c(c1)OCO3)N1CCCC1)OCO2. The van der Waals surface area contributed by atoms with Gasteiger partial charge in [0.25, 0.3) is 0 Å². The number of hydrogen-bond donors (Lipinski definition) is 0. The molecule has 7 heteroatoms. The molecule has 28 heavy (non-hydrogen) atoms. The van der Waals surface area contributed by atoms with Crippen LogP contribution in [-0.4, -0.2) is 50.8 Å². The summed E-state index contributed by atoms with van der Waals surface area (Å²) in [6, 6.07) is 11.5. The third-order valence-corrected chi connectivity index (χ3v) is 5.23. The normalized spacial score (nSPS) is 17.3. The zero-order valence-electron chi connectivity index (χ0n) is 15.6. The van der Waals surface area contributed by atoms with Crippen molar-refractivity contribution < 1.29 is 28.4 Å². The van der Waals surface area contributed by atoms with Crippen LogP contribution in [0.2, 0.25) is 0 Å². The van der Waals surface area contributed by atoms with Gasteiger partial charge in [0.1, 0.15) is 24.7 Å². The van der Waals surface area contributed by atoms with Crippen molar-refractivity contribution in [2.45, 2.75) is 18.9 Å². The van der Waals surface area contributed by atoms with Crippen molar-refractivity contribution in [1.29, 1.82) is 0 Å². The van der Waals surface area contributed by atoms with Crippen molar-refractivity contribution in [3.8, 4) is 34.5 Å². The summed E-state index contributed by atoms with van der Waals surface area (Å²) in [7, 11) is 0. The predicted octanol–water partition coefficient (Wildman–Crippen LogP) is 3.07. The molecule has 3 heterocycles. The average molecular weight is 385 g/mol. The topological polar surface area (TPSA) is 58.6 Å². The molecule has 0 aromatic heterocycles. The monoisotopic (exact) mass is 385 g/mol. The fourth-order valence-corrected chi connectivity index (χ4v) is 3.68. The van der Waals surface area contributed by atoms with Gasteiger partial charge in [0.15, 0.2) is 23.0 Å². The van der Waals surface area contributed by atoms with Crippen molar-refractivity contribution in [2.24, 2.45) is 0 Å². The molecule has 0 amide bonds. The lowest BCUT2D eigenvalue weighted by atomic mass is 10.2. The van der Waals surface area contributed by atoms with E-state index in [-0.39, 0.29) is 19.6 Å². The van der Waals surface area contributed by atoms with Gasteiger partial charge in [0.2, 0.25) is 13.6 Å². The average Bonchev–Trinajstić information content (AvgIpc) is 3.48. The second-order valence-corrected chi connectivity index (χ2v) is 7.05. The Bertz CT molecular complexity index is 774. The van der Waals surface area contributed by atoms with Crippen LogP contribution in [0, 0.1) is 0 Å². The third kappa shape index (κ3) is 3.62. The third-order valence-electron chi connectivity index (χ3n) is 5.23. The van der Waals surface area contributed by atoms with Gasteiger partial charge < -0.3 is 28.4 Å². The lowest BCUT2D eigenvalue weighted by Crippen LogP contribution is -2.41. The van der Waals surface area contributed by atoms with Gasteiger partial charge in [-0.15, -0.1) is 0 Å². The van der Waals surface area contributed by atoms with Gasteiger partial charge in [-0.1, -0.05) is 0 Å². The molecule has 0 bridgehead atoms. The van der Waals surface area contributed by atoms with Crippen molar-refractivity contribution in [2.75, 3.05) is 39.9 Å². The van der Waals surface area contributed by atoms with Crippen LogP contribution < -0.4 is 28.4 Å². The Labute approximate surface area is 163 Å². The Hall–Kier alpha value is -2.80. The number of rotatable bonds is 7. The maximum atomic E-state index is 6.07. The smallest absolute Gasteiger partial charge is 0.231 e. The number of ether oxygens (including phenoxy) is 6. The number of nitrogens with zero attached hydrogens (tertiary/aromatic N) is 1. The molecule has 2 aromatic carbocycles. The maximum absolute atomic E-state index is 6.07. The molecule has 3 aliphatic heterocycles. The summed E-state index contributed by atoms with van der Waals surface area (Å²) in [5, 5.41) is 0. The van der Waals surface area contributed by atoms with E-state index in [0.29, 0.717) is 13.2 Å². The Morgan fingerprint density at radius 1 is 0.714 bits per heavy atom. The van der Waals surface area contributed by atoms with Crippen LogP contribution in [0.15, 0.2) is 36.4 Å². The van der Waals surface area contributed by atoms with Gasteiger partial charge >= 0.3 is 0 Å². The number of benzene rings is 2. The van der Waals surface area contributed by atoms with E-state index in [1.54, 1.807) is 0 Å². The minimum absolute atomic E-state index is 0.165. The van der Waals surface area contributed by atoms with E-state index >= 15 is 0 Å². The summed E-state index contributed by atoms with van der Waals surface area (Å²) in [6.45, 7) is 3.75. The van der Waals surface area contributed by atoms with Crippen molar-refractivity contribution >= 4 is 0 Å². The van der Waals surface area contributed by atoms with Crippen molar-refractivity contribution in [1.82, 2.24) is 4.90 Å². The Morgan fingerprint density at radius 2 is 1.21 bits per heavy atom. The number of fused-ring (bicyclic) bond motifs is 2. The molecule has 0 radical (unpaired) electrons. The van der Waals surface area contributed by atoms with Gasteiger partial charge in [0.05, 0.1) is 6.04 Å². The summed E-state index contributed by atoms with van der Waals surface area (Å²) < 4.78 is 33.7. The van der Waals surface area contributed by atoms with Crippen molar-refractivity contribution in [3.05, 3.63) is 36.4 Å². The first-order valence-electron chi connectivity index (χ1n) is 9.64. The van der Waals surface area contributed by atoms with Gasteiger partial charge in [-0.05, 0) is 50.2 Å². The fourth-order valence-electron chi connectivity index (χ4n) is 3.68. The van der Waals surface area contributed by atoms with E-state index in [4.69, 9.17) is 28.4 Å². The van der Waals surface area contributed by atoms with Crippen LogP contribution in [0.1, 0.15) is 12.8 Å². The minimum Gasteiger partial charge on any atom is -0.492 e. The van der Waals surface area contributed by atoms with Crippen LogP contribution in [0.5, 0.6) is 34.5 Å². The largest absolute Gasteiger partial charge is 0.492 e. The molecule has 0 saturated carbocycles. The van der Waals surface area contributed by atoms with E-state index in [9.17, 15) is 0 Å². The van der Waals surface area contributed by atoms with Gasteiger partial charge in [0, 0.05) is 12.1 Å². The fraction of sp³-hybridized carbons (Fsp3) is 0.429. The Morgan fingerprint density at radius 3 is 1.75 bits per heavy atom. The molecule has 1 saturated heterocycles. The van der Waals surface area contributed by atoms with Crippen LogP contribution in [0.25, 0.3) is 0 Å². The van der Waals surface area contributed by atoms with Gasteiger partial charge in [-0.3, -0.25) is 4.90 Å². The summed E-state index contributed by atoms with van der Waals surface area (Å²) in [5.74, 6) is 4.52. The number of hydrogen-bond acceptors (Lipinski definition) is 7. The summed E-state index contributed by atoms with van der Waals surface area (Å²) in [6.07, 6.45) is 2.43. The Balaban J connectivity index is 1.23. The summed E-state index contributed by atoms with van der Waals surface area (Å²) >= 11 is 0. The van der Waals surface area contributed by atoms with E-state index < -0.39 is 0 Å². The lowest BCUT2D eigenvalue weighted by molar-refractivity contribution is 0.109. The maximum Gasteiger partial charge on any atom is 0.231 e. The summed E-state index contributed by atoms with van der Waals surface area (Å²) in [4.78, 5) is 2.43. The predicted molar refractivity (Wildman–Crippen MR) is 101 cm³/mol. The molecule has 148 valence electrons. The van der Waals surface area contributed by atoms with E-state index in [0.717, 1.165) is 47.6 Å². The highest BCUT2D eigenvalue weighted by Gasteiger charge is 2.24. The first-order chi connectivity index (χ1) is 13.8. The molecular formula is C21H23NO6. The molecule has 0 N–H and O–H groups in total. The standard InChI is InChI=1S/C21H23NO6/c1-2-8-22(7-1)15(11-23-16-3-5-18-20(9-16)27-13-25-18)12-24-17-4-6-19-21(10-17)28-14-26-19/h3-6,9-10,15H,1-2,7-8,11-14H2.